The van der Waals surface area contributed by atoms with Crippen molar-refractivity contribution in [1.82, 2.24) is 9.55 Å². The molecular weight excluding hydrogens is 390 g/mol. The first-order valence-corrected chi connectivity index (χ1v) is 11.4. The molecule has 3 heteroatoms. The number of aryl methyl sites for hydroxylation is 4. The maximum atomic E-state index is 8.36. The van der Waals surface area contributed by atoms with E-state index in [0.717, 1.165) is 33.6 Å². The molecule has 0 bridgehead atoms. The summed E-state index contributed by atoms with van der Waals surface area (Å²) in [6.07, 6.45) is 1.96. The van der Waals surface area contributed by atoms with E-state index in [9.17, 15) is 0 Å². The van der Waals surface area contributed by atoms with Crippen LogP contribution in [0.2, 0.25) is 0 Å². The van der Waals surface area contributed by atoms with Gasteiger partial charge in [0.15, 0.2) is 11.7 Å². The molecule has 0 spiro atoms. The fourth-order valence-electron chi connectivity index (χ4n) is 4.74. The second-order valence-corrected chi connectivity index (χ2v) is 9.66. The lowest BCUT2D eigenvalue weighted by Crippen LogP contribution is -2.30. The van der Waals surface area contributed by atoms with Gasteiger partial charge in [-0.05, 0) is 67.8 Å². The third kappa shape index (κ3) is 3.64. The van der Waals surface area contributed by atoms with Crippen LogP contribution in [0, 0.1) is 27.6 Å². The number of imidazole rings is 1. The predicted molar refractivity (Wildman–Crippen MR) is 135 cm³/mol. The molecule has 0 N–H and O–H groups in total. The molecule has 0 atom stereocenters. The van der Waals surface area contributed by atoms with Gasteiger partial charge in [0, 0.05) is 15.7 Å². The van der Waals surface area contributed by atoms with Crippen molar-refractivity contribution in [3.8, 4) is 16.9 Å². The van der Waals surface area contributed by atoms with Crippen molar-refractivity contribution in [1.29, 1.82) is 0 Å². The van der Waals surface area contributed by atoms with E-state index < -0.39 is 6.85 Å². The Morgan fingerprint density at radius 3 is 2.22 bits per heavy atom. The van der Waals surface area contributed by atoms with Crippen molar-refractivity contribution in [2.24, 2.45) is 7.05 Å². The summed E-state index contributed by atoms with van der Waals surface area (Å²) < 4.78 is 29.0. The minimum absolute atomic E-state index is 0.108. The number of fused-ring (bicyclic) bond motifs is 1. The van der Waals surface area contributed by atoms with Crippen molar-refractivity contribution in [2.45, 2.75) is 67.2 Å². The lowest BCUT2D eigenvalue weighted by molar-refractivity contribution is -0.659. The van der Waals surface area contributed by atoms with Gasteiger partial charge < -0.3 is 0 Å². The van der Waals surface area contributed by atoms with Gasteiger partial charge >= 0.3 is 0 Å². The number of para-hydroxylation sites is 1. The van der Waals surface area contributed by atoms with Crippen LogP contribution < -0.4 is 4.57 Å². The van der Waals surface area contributed by atoms with Crippen LogP contribution in [0.15, 0.2) is 42.6 Å². The molecule has 32 heavy (non-hydrogen) atoms. The van der Waals surface area contributed by atoms with Crippen molar-refractivity contribution < 1.29 is 8.68 Å². The molecule has 0 aliphatic rings. The molecule has 0 amide bonds. The number of nitrogens with zero attached hydrogens (tertiary/aromatic N) is 3. The second-order valence-electron chi connectivity index (χ2n) is 9.66. The van der Waals surface area contributed by atoms with Gasteiger partial charge in [0.2, 0.25) is 5.69 Å². The van der Waals surface area contributed by atoms with Crippen LogP contribution in [-0.2, 0) is 7.05 Å². The molecule has 4 rings (SSSR count). The highest BCUT2D eigenvalue weighted by Gasteiger charge is 2.23. The third-order valence-corrected chi connectivity index (χ3v) is 6.56. The number of benzene rings is 2. The van der Waals surface area contributed by atoms with E-state index in [2.05, 4.69) is 89.4 Å². The second kappa shape index (κ2) is 8.20. The highest BCUT2D eigenvalue weighted by molar-refractivity contribution is 5.82. The van der Waals surface area contributed by atoms with Crippen molar-refractivity contribution in [2.75, 3.05) is 0 Å². The van der Waals surface area contributed by atoms with E-state index >= 15 is 0 Å². The Balaban J connectivity index is 2.18. The molecule has 4 aromatic rings. The van der Waals surface area contributed by atoms with Crippen molar-refractivity contribution >= 4 is 11.0 Å². The lowest BCUT2D eigenvalue weighted by Gasteiger charge is -2.22. The van der Waals surface area contributed by atoms with Crippen LogP contribution in [0.4, 0.5) is 0 Å². The third-order valence-electron chi connectivity index (χ3n) is 6.56. The Kier molecular flexibility index (Phi) is 4.77. The molecule has 0 aliphatic heterocycles. The number of rotatable bonds is 4. The highest BCUT2D eigenvalue weighted by atomic mass is 15.1. The van der Waals surface area contributed by atoms with Gasteiger partial charge in [-0.15, -0.1) is 0 Å². The first kappa shape index (κ1) is 18.6. The van der Waals surface area contributed by atoms with Gasteiger partial charge in [-0.2, -0.15) is 4.57 Å². The molecular formula is C29H36N3+. The summed E-state index contributed by atoms with van der Waals surface area (Å²) in [5, 5.41) is 0. The van der Waals surface area contributed by atoms with E-state index in [1.807, 2.05) is 17.8 Å². The number of hydrogen-bond acceptors (Lipinski definition) is 1. The molecule has 2 aromatic heterocycles. The minimum Gasteiger partial charge on any atom is -0.295 e. The maximum Gasteiger partial charge on any atom is 0.214 e. The number of pyridine rings is 1. The molecule has 0 unspecified atom stereocenters. The molecule has 2 aromatic carbocycles. The molecule has 0 saturated heterocycles. The largest absolute Gasteiger partial charge is 0.295 e. The molecule has 2 heterocycles. The van der Waals surface area contributed by atoms with Gasteiger partial charge in [0.25, 0.3) is 0 Å². The van der Waals surface area contributed by atoms with E-state index in [-0.39, 0.29) is 17.7 Å². The van der Waals surface area contributed by atoms with Crippen LogP contribution in [0.5, 0.6) is 0 Å². The summed E-state index contributed by atoms with van der Waals surface area (Å²) in [6.45, 7) is 12.6. The van der Waals surface area contributed by atoms with E-state index in [4.69, 9.17) is 9.10 Å². The van der Waals surface area contributed by atoms with E-state index in [0.29, 0.717) is 5.52 Å². The average Bonchev–Trinajstić information content (AvgIpc) is 3.13. The van der Waals surface area contributed by atoms with Crippen molar-refractivity contribution in [3.05, 3.63) is 76.2 Å². The number of aromatic nitrogens is 3. The van der Waals surface area contributed by atoms with Gasteiger partial charge in [0.05, 0.1) is 11.2 Å². The lowest BCUT2D eigenvalue weighted by atomic mass is 9.92. The Morgan fingerprint density at radius 1 is 0.969 bits per heavy atom. The summed E-state index contributed by atoms with van der Waals surface area (Å²) >= 11 is 0. The van der Waals surface area contributed by atoms with Crippen LogP contribution in [0.3, 0.4) is 0 Å². The van der Waals surface area contributed by atoms with E-state index in [1.54, 1.807) is 0 Å². The van der Waals surface area contributed by atoms with E-state index in [1.165, 1.54) is 16.7 Å². The van der Waals surface area contributed by atoms with Gasteiger partial charge in [-0.3, -0.25) is 4.57 Å². The van der Waals surface area contributed by atoms with Crippen LogP contribution >= 0.6 is 0 Å². The standard InChI is InChI=1S/C29H36N3/c1-17(2)23-11-10-12-24(18(3)4)29(23)32-22(8)30-26-16-31(9)27(15-28(26)32)25-14-19(5)13-20(6)21(25)7/h10-18H,1-9H3/q+1/i8D3. The van der Waals surface area contributed by atoms with Gasteiger partial charge in [-0.25, -0.2) is 4.98 Å². The summed E-state index contributed by atoms with van der Waals surface area (Å²) in [7, 11) is 2.00. The molecule has 0 saturated carbocycles. The average molecular weight is 430 g/mol. The molecule has 0 radical (unpaired) electrons. The fourth-order valence-corrected chi connectivity index (χ4v) is 4.74. The quantitative estimate of drug-likeness (QED) is 0.320. The minimum atomic E-state index is -2.36. The zero-order valence-corrected chi connectivity index (χ0v) is 20.5. The Morgan fingerprint density at radius 2 is 1.62 bits per heavy atom. The van der Waals surface area contributed by atoms with Gasteiger partial charge in [-0.1, -0.05) is 57.5 Å². The van der Waals surface area contributed by atoms with Crippen LogP contribution in [0.1, 0.15) is 77.3 Å². The Bertz CT molecular complexity index is 1400. The maximum absolute atomic E-state index is 8.36. The molecule has 0 aliphatic carbocycles. The zero-order chi connectivity index (χ0) is 25.8. The van der Waals surface area contributed by atoms with Crippen LogP contribution in [-0.4, -0.2) is 9.55 Å². The molecule has 0 fully saturated rings. The highest BCUT2D eigenvalue weighted by Crippen LogP contribution is 2.35. The normalized spacial score (nSPS) is 13.6. The SMILES string of the molecule is [2H]C([2H])([2H])c1nc2c[n+](C)c(-c3cc(C)cc(C)c3C)cc2n1-c1c(C(C)C)cccc1C(C)C. The summed E-state index contributed by atoms with van der Waals surface area (Å²) in [5.74, 6) is 0.565. The summed E-state index contributed by atoms with van der Waals surface area (Å²) in [4.78, 5) is 4.69. The first-order valence-electron chi connectivity index (χ1n) is 12.9. The molecule has 3 nitrogen and oxygen atoms in total. The fraction of sp³-hybridized carbons (Fsp3) is 0.379. The predicted octanol–water partition coefficient (Wildman–Crippen LogP) is 7.00. The molecule has 166 valence electrons. The first-order chi connectivity index (χ1) is 16.3. The summed E-state index contributed by atoms with van der Waals surface area (Å²) in [5.41, 5.74) is 10.5. The smallest absolute Gasteiger partial charge is 0.214 e. The van der Waals surface area contributed by atoms with Crippen molar-refractivity contribution in [3.63, 3.8) is 0 Å². The zero-order valence-electron chi connectivity index (χ0n) is 23.5. The Labute approximate surface area is 197 Å². The van der Waals surface area contributed by atoms with Gasteiger partial charge in [0.1, 0.15) is 12.9 Å². The monoisotopic (exact) mass is 429 g/mol. The summed E-state index contributed by atoms with van der Waals surface area (Å²) in [6, 6.07) is 12.8. The Hall–Kier alpha value is -2.94. The van der Waals surface area contributed by atoms with Crippen LogP contribution in [0.25, 0.3) is 28.0 Å². The number of hydrogen-bond donors (Lipinski definition) is 0. The topological polar surface area (TPSA) is 21.7 Å².